The van der Waals surface area contributed by atoms with E-state index >= 15 is 0 Å². The molecule has 19 heteroatoms. The van der Waals surface area contributed by atoms with Crippen molar-refractivity contribution in [3.05, 3.63) is 47.5 Å². The van der Waals surface area contributed by atoms with Gasteiger partial charge in [-0.3, -0.25) is 0 Å². The third-order valence-corrected chi connectivity index (χ3v) is 2.75. The molecule has 0 aliphatic heterocycles. The van der Waals surface area contributed by atoms with E-state index < -0.39 is 71.2 Å². The fraction of sp³-hybridized carbons (Fsp3) is 0.333. The van der Waals surface area contributed by atoms with Gasteiger partial charge >= 0.3 is 47.9 Å². The number of halogens is 18. The summed E-state index contributed by atoms with van der Waals surface area (Å²) in [6.45, 7) is 0. The molecule has 0 spiro atoms. The predicted octanol–water partition coefficient (Wildman–Crippen LogP) is 7.92. The Labute approximate surface area is 156 Å². The van der Waals surface area contributed by atoms with Crippen LogP contribution in [0.15, 0.2) is 47.5 Å². The Balaban J connectivity index is 6.35. The lowest BCUT2D eigenvalue weighted by Crippen LogP contribution is -2.43. The standard InChI is InChI=1S/C12F18O/c13-1(5(17)18)9(23,24)11(27,28)3(15)7(21)31-8(22)4(16)12(29,30)10(25,26)2(14)6(19)20. The van der Waals surface area contributed by atoms with Crippen LogP contribution in [0.5, 0.6) is 0 Å². The minimum absolute atomic E-state index is 2.21. The van der Waals surface area contributed by atoms with Crippen molar-refractivity contribution < 1.29 is 83.8 Å². The average Bonchev–Trinajstić information content (AvgIpc) is 2.64. The number of alkyl halides is 8. The first kappa shape index (κ1) is 28.5. The van der Waals surface area contributed by atoms with Gasteiger partial charge in [-0.15, -0.1) is 0 Å². The van der Waals surface area contributed by atoms with Gasteiger partial charge in [-0.25, -0.2) is 0 Å². The molecule has 0 saturated carbocycles. The van der Waals surface area contributed by atoms with Crippen LogP contribution in [0, 0.1) is 0 Å². The summed E-state index contributed by atoms with van der Waals surface area (Å²) in [5.74, 6) is -45.8. The molecule has 1 nitrogen and oxygen atoms in total. The van der Waals surface area contributed by atoms with Gasteiger partial charge < -0.3 is 4.74 Å². The van der Waals surface area contributed by atoms with Crippen LogP contribution in [0.25, 0.3) is 0 Å². The van der Waals surface area contributed by atoms with Crippen molar-refractivity contribution in [1.82, 2.24) is 0 Å². The third-order valence-electron chi connectivity index (χ3n) is 2.75. The molecule has 0 aromatic heterocycles. The van der Waals surface area contributed by atoms with Gasteiger partial charge in [0.05, 0.1) is 0 Å². The summed E-state index contributed by atoms with van der Waals surface area (Å²) in [5.41, 5.74) is 0. The van der Waals surface area contributed by atoms with Gasteiger partial charge in [-0.1, -0.05) is 0 Å². The summed E-state index contributed by atoms with van der Waals surface area (Å²) in [7, 11) is 0. The highest BCUT2D eigenvalue weighted by atomic mass is 19.3. The van der Waals surface area contributed by atoms with E-state index in [1.165, 1.54) is 0 Å². The number of ether oxygens (including phenoxy) is 1. The largest absolute Gasteiger partial charge is 0.400 e. The molecule has 0 saturated heterocycles. The summed E-state index contributed by atoms with van der Waals surface area (Å²) < 4.78 is 228. The lowest BCUT2D eigenvalue weighted by molar-refractivity contribution is -0.189. The van der Waals surface area contributed by atoms with Crippen LogP contribution >= 0.6 is 0 Å². The van der Waals surface area contributed by atoms with Gasteiger partial charge in [0.25, 0.3) is 0 Å². The molecule has 0 atom stereocenters. The van der Waals surface area contributed by atoms with Crippen molar-refractivity contribution in [2.45, 2.75) is 23.7 Å². The Kier molecular flexibility index (Phi) is 8.21. The summed E-state index contributed by atoms with van der Waals surface area (Å²) >= 11 is 0. The minimum atomic E-state index is -7.04. The van der Waals surface area contributed by atoms with Crippen molar-refractivity contribution >= 4 is 0 Å². The highest BCUT2D eigenvalue weighted by Gasteiger charge is 2.67. The predicted molar refractivity (Wildman–Crippen MR) is 60.1 cm³/mol. The minimum Gasteiger partial charge on any atom is -0.400 e. The van der Waals surface area contributed by atoms with Crippen molar-refractivity contribution in [2.75, 3.05) is 0 Å². The van der Waals surface area contributed by atoms with E-state index in [-0.39, 0.29) is 0 Å². The molecule has 0 aliphatic carbocycles. The molecule has 0 N–H and O–H groups in total. The highest BCUT2D eigenvalue weighted by molar-refractivity contribution is 5.24. The smallest absolute Gasteiger partial charge is 0.373 e. The van der Waals surface area contributed by atoms with Crippen LogP contribution in [0.3, 0.4) is 0 Å². The molecule has 31 heavy (non-hydrogen) atoms. The van der Waals surface area contributed by atoms with E-state index in [2.05, 4.69) is 4.74 Å². The number of hydrogen-bond donors (Lipinski definition) is 0. The second kappa shape index (κ2) is 8.93. The van der Waals surface area contributed by atoms with E-state index in [1.54, 1.807) is 0 Å². The van der Waals surface area contributed by atoms with Crippen LogP contribution < -0.4 is 0 Å². The van der Waals surface area contributed by atoms with Gasteiger partial charge in [0, 0.05) is 0 Å². The van der Waals surface area contributed by atoms with Crippen LogP contribution in [0.2, 0.25) is 0 Å². The number of rotatable bonds is 8. The molecule has 0 aromatic rings. The van der Waals surface area contributed by atoms with Gasteiger partial charge in [-0.05, 0) is 0 Å². The molecule has 0 rings (SSSR count). The Morgan fingerprint density at radius 1 is 0.355 bits per heavy atom. The molecule has 0 unspecified atom stereocenters. The van der Waals surface area contributed by atoms with E-state index in [9.17, 15) is 79.0 Å². The first-order chi connectivity index (χ1) is 13.6. The van der Waals surface area contributed by atoms with Crippen molar-refractivity contribution in [1.29, 1.82) is 0 Å². The second-order valence-electron chi connectivity index (χ2n) is 4.72. The van der Waals surface area contributed by atoms with E-state index in [1.807, 2.05) is 0 Å². The maximum absolute atomic E-state index is 13.0. The fourth-order valence-electron chi connectivity index (χ4n) is 1.20. The lowest BCUT2D eigenvalue weighted by Gasteiger charge is -2.24. The zero-order valence-corrected chi connectivity index (χ0v) is 13.2. The quantitative estimate of drug-likeness (QED) is 0.242. The van der Waals surface area contributed by atoms with Gasteiger partial charge in [0.15, 0.2) is 0 Å². The van der Waals surface area contributed by atoms with Gasteiger partial charge in [-0.2, -0.15) is 79.0 Å². The van der Waals surface area contributed by atoms with Crippen molar-refractivity contribution in [3.63, 3.8) is 0 Å². The molecule has 0 fully saturated rings. The molecule has 180 valence electrons. The monoisotopic (exact) mass is 502 g/mol. The maximum atomic E-state index is 13.0. The first-order valence-corrected chi connectivity index (χ1v) is 6.31. The molecular formula is C12F18O. The Morgan fingerprint density at radius 2 is 0.548 bits per heavy atom. The van der Waals surface area contributed by atoms with Crippen molar-refractivity contribution in [3.8, 4) is 0 Å². The Hall–Kier alpha value is -2.50. The molecule has 0 radical (unpaired) electrons. The normalized spacial score (nSPS) is 15.2. The molecule has 0 amide bonds. The van der Waals surface area contributed by atoms with Gasteiger partial charge in [0.1, 0.15) is 0 Å². The molecule has 0 bridgehead atoms. The van der Waals surface area contributed by atoms with Crippen LogP contribution in [0.4, 0.5) is 79.0 Å². The molecule has 0 aromatic carbocycles. The Morgan fingerprint density at radius 3 is 0.742 bits per heavy atom. The van der Waals surface area contributed by atoms with E-state index in [4.69, 9.17) is 0 Å². The van der Waals surface area contributed by atoms with Crippen LogP contribution in [-0.2, 0) is 4.74 Å². The fourth-order valence-corrected chi connectivity index (χ4v) is 1.20. The third kappa shape index (κ3) is 5.05. The summed E-state index contributed by atoms with van der Waals surface area (Å²) in [4.78, 5) is 0. The number of allylic oxidation sites excluding steroid dienone is 4. The Bertz CT molecular complexity index is 754. The second-order valence-corrected chi connectivity index (χ2v) is 4.72. The van der Waals surface area contributed by atoms with Crippen LogP contribution in [0.1, 0.15) is 0 Å². The summed E-state index contributed by atoms with van der Waals surface area (Å²) in [6.07, 6.45) is -8.40. The molecular weight excluding hydrogens is 502 g/mol. The maximum Gasteiger partial charge on any atom is 0.373 e. The zero-order valence-electron chi connectivity index (χ0n) is 13.2. The zero-order chi connectivity index (χ0) is 25.3. The first-order valence-electron chi connectivity index (χ1n) is 6.31. The van der Waals surface area contributed by atoms with E-state index in [0.29, 0.717) is 0 Å². The summed E-state index contributed by atoms with van der Waals surface area (Å²) in [5, 5.41) is 0. The molecule has 0 aliphatic rings. The molecule has 0 heterocycles. The van der Waals surface area contributed by atoms with Gasteiger partial charge in [0.2, 0.25) is 23.3 Å². The average molecular weight is 502 g/mol. The van der Waals surface area contributed by atoms with E-state index in [0.717, 1.165) is 0 Å². The summed E-state index contributed by atoms with van der Waals surface area (Å²) in [6, 6.07) is -8.45. The van der Waals surface area contributed by atoms with Crippen molar-refractivity contribution in [2.24, 2.45) is 0 Å². The topological polar surface area (TPSA) is 9.23 Å². The number of hydrogen-bond acceptors (Lipinski definition) is 1. The van der Waals surface area contributed by atoms with Crippen LogP contribution in [-0.4, -0.2) is 23.7 Å². The highest BCUT2D eigenvalue weighted by Crippen LogP contribution is 2.50. The SMILES string of the molecule is FC(F)=C(F)C(F)(F)C(F)(F)C(F)=C(F)OC(F)=C(F)C(F)(F)C(F)(F)C(F)=C(F)F. The lowest BCUT2D eigenvalue weighted by atomic mass is 10.1.